The van der Waals surface area contributed by atoms with Crippen molar-refractivity contribution in [3.63, 3.8) is 0 Å². The third kappa shape index (κ3) is 8.14. The standard InChI is InChI=1S/C6H16O2Si/c1-2-7-6-8-4-3-5-9/h2-6H2,1,9H3. The van der Waals surface area contributed by atoms with Crippen LogP contribution in [0.2, 0.25) is 6.04 Å². The van der Waals surface area contributed by atoms with Gasteiger partial charge in [0.15, 0.2) is 0 Å². The maximum atomic E-state index is 5.11. The molecule has 0 aliphatic heterocycles. The first-order valence-corrected chi connectivity index (χ1v) is 4.98. The summed E-state index contributed by atoms with van der Waals surface area (Å²) in [5.41, 5.74) is 0. The molecule has 56 valence electrons. The van der Waals surface area contributed by atoms with Crippen LogP contribution in [0.15, 0.2) is 0 Å². The van der Waals surface area contributed by atoms with Crippen LogP contribution in [-0.4, -0.2) is 30.2 Å². The maximum absolute atomic E-state index is 5.11. The minimum Gasteiger partial charge on any atom is -0.356 e. The molecule has 0 saturated carbocycles. The summed E-state index contributed by atoms with van der Waals surface area (Å²) in [5, 5.41) is 0. The SMILES string of the molecule is CCOCOCCC[SiH3]. The first-order valence-electron chi connectivity index (χ1n) is 3.57. The van der Waals surface area contributed by atoms with E-state index in [0.29, 0.717) is 6.79 Å². The molecule has 3 heteroatoms. The molecule has 0 saturated heterocycles. The highest BCUT2D eigenvalue weighted by atomic mass is 28.1. The molecule has 0 radical (unpaired) electrons. The van der Waals surface area contributed by atoms with E-state index >= 15 is 0 Å². The second kappa shape index (κ2) is 8.14. The summed E-state index contributed by atoms with van der Waals surface area (Å²) in [7, 11) is 1.29. The fourth-order valence-electron chi connectivity index (χ4n) is 0.448. The van der Waals surface area contributed by atoms with Gasteiger partial charge in [0.25, 0.3) is 0 Å². The van der Waals surface area contributed by atoms with Crippen molar-refractivity contribution in [2.24, 2.45) is 0 Å². The van der Waals surface area contributed by atoms with Gasteiger partial charge in [-0.3, -0.25) is 0 Å². The summed E-state index contributed by atoms with van der Waals surface area (Å²) in [4.78, 5) is 0. The van der Waals surface area contributed by atoms with E-state index in [1.54, 1.807) is 0 Å². The molecule has 2 nitrogen and oxygen atoms in total. The average molecular weight is 148 g/mol. The zero-order chi connectivity index (χ0) is 6.95. The monoisotopic (exact) mass is 148 g/mol. The van der Waals surface area contributed by atoms with Crippen LogP contribution in [0.3, 0.4) is 0 Å². The third-order valence-electron chi connectivity index (χ3n) is 1.01. The first kappa shape index (κ1) is 9.14. The second-order valence-electron chi connectivity index (χ2n) is 1.87. The Hall–Kier alpha value is 0.137. The van der Waals surface area contributed by atoms with Gasteiger partial charge in [-0.15, -0.1) is 0 Å². The van der Waals surface area contributed by atoms with Gasteiger partial charge >= 0.3 is 0 Å². The van der Waals surface area contributed by atoms with E-state index < -0.39 is 0 Å². The number of hydrogen-bond acceptors (Lipinski definition) is 2. The molecule has 0 aromatic heterocycles. The molecule has 0 unspecified atom stereocenters. The fraction of sp³-hybridized carbons (Fsp3) is 1.00. The van der Waals surface area contributed by atoms with E-state index in [0.717, 1.165) is 13.2 Å². The van der Waals surface area contributed by atoms with Gasteiger partial charge in [-0.1, -0.05) is 6.04 Å². The number of hydrogen-bond donors (Lipinski definition) is 0. The van der Waals surface area contributed by atoms with E-state index in [4.69, 9.17) is 9.47 Å². The Morgan fingerprint density at radius 3 is 2.67 bits per heavy atom. The maximum Gasteiger partial charge on any atom is 0.146 e. The number of rotatable bonds is 6. The lowest BCUT2D eigenvalue weighted by atomic mass is 10.5. The molecular formula is C6H16O2Si. The Bertz CT molecular complexity index is 44.3. The van der Waals surface area contributed by atoms with Crippen LogP contribution in [0.25, 0.3) is 0 Å². The molecule has 0 aliphatic rings. The van der Waals surface area contributed by atoms with Gasteiger partial charge in [0.2, 0.25) is 0 Å². The average Bonchev–Trinajstić information content (AvgIpc) is 1.89. The molecule has 0 heterocycles. The van der Waals surface area contributed by atoms with Gasteiger partial charge in [0.1, 0.15) is 6.79 Å². The lowest BCUT2D eigenvalue weighted by molar-refractivity contribution is -0.0488. The Balaban J connectivity index is 2.60. The van der Waals surface area contributed by atoms with Crippen molar-refractivity contribution < 1.29 is 9.47 Å². The summed E-state index contributed by atoms with van der Waals surface area (Å²) >= 11 is 0. The minimum absolute atomic E-state index is 0.470. The Labute approximate surface area is 60.0 Å². The number of ether oxygens (including phenoxy) is 2. The minimum atomic E-state index is 0.470. The highest BCUT2D eigenvalue weighted by Gasteiger charge is 1.83. The zero-order valence-electron chi connectivity index (χ0n) is 6.35. The third-order valence-corrected chi connectivity index (χ3v) is 1.72. The van der Waals surface area contributed by atoms with Gasteiger partial charge < -0.3 is 9.47 Å². The largest absolute Gasteiger partial charge is 0.356 e. The van der Waals surface area contributed by atoms with Gasteiger partial charge in [0.05, 0.1) is 0 Å². The summed E-state index contributed by atoms with van der Waals surface area (Å²) in [6, 6.07) is 1.33. The van der Waals surface area contributed by atoms with Gasteiger partial charge in [-0.05, 0) is 13.3 Å². The van der Waals surface area contributed by atoms with Gasteiger partial charge in [-0.2, -0.15) is 0 Å². The first-order chi connectivity index (χ1) is 4.41. The van der Waals surface area contributed by atoms with Crippen LogP contribution in [0.5, 0.6) is 0 Å². The van der Waals surface area contributed by atoms with E-state index in [1.165, 1.54) is 22.7 Å². The molecule has 9 heavy (non-hydrogen) atoms. The van der Waals surface area contributed by atoms with Crippen LogP contribution in [0.1, 0.15) is 13.3 Å². The smallest absolute Gasteiger partial charge is 0.146 e. The molecule has 0 aromatic carbocycles. The van der Waals surface area contributed by atoms with Crippen LogP contribution in [-0.2, 0) is 9.47 Å². The lowest BCUT2D eigenvalue weighted by Gasteiger charge is -2.01. The molecule has 0 spiro atoms. The summed E-state index contributed by atoms with van der Waals surface area (Å²) in [5.74, 6) is 0. The predicted molar refractivity (Wildman–Crippen MR) is 41.8 cm³/mol. The lowest BCUT2D eigenvalue weighted by Crippen LogP contribution is -2.00. The second-order valence-corrected chi connectivity index (χ2v) is 2.87. The van der Waals surface area contributed by atoms with Crippen molar-refractivity contribution in [2.45, 2.75) is 19.4 Å². The van der Waals surface area contributed by atoms with Crippen molar-refractivity contribution in [3.05, 3.63) is 0 Å². The van der Waals surface area contributed by atoms with Crippen molar-refractivity contribution in [2.75, 3.05) is 20.0 Å². The highest BCUT2D eigenvalue weighted by molar-refractivity contribution is 6.08. The summed E-state index contributed by atoms with van der Waals surface area (Å²) in [6.07, 6.45) is 1.19. The zero-order valence-corrected chi connectivity index (χ0v) is 8.35. The predicted octanol–water partition coefficient (Wildman–Crippen LogP) is 0.171. The van der Waals surface area contributed by atoms with E-state index in [1.807, 2.05) is 6.92 Å². The molecule has 0 amide bonds. The van der Waals surface area contributed by atoms with Crippen molar-refractivity contribution >= 4 is 10.2 Å². The quantitative estimate of drug-likeness (QED) is 0.304. The Morgan fingerprint density at radius 1 is 1.33 bits per heavy atom. The van der Waals surface area contributed by atoms with Gasteiger partial charge in [0, 0.05) is 23.5 Å². The summed E-state index contributed by atoms with van der Waals surface area (Å²) in [6.45, 7) is 4.05. The molecule has 0 N–H and O–H groups in total. The van der Waals surface area contributed by atoms with Crippen LogP contribution in [0.4, 0.5) is 0 Å². The molecular weight excluding hydrogens is 132 g/mol. The Kier molecular flexibility index (Phi) is 8.26. The van der Waals surface area contributed by atoms with Crippen molar-refractivity contribution in [1.82, 2.24) is 0 Å². The van der Waals surface area contributed by atoms with E-state index in [2.05, 4.69) is 0 Å². The van der Waals surface area contributed by atoms with E-state index in [9.17, 15) is 0 Å². The fourth-order valence-corrected chi connectivity index (χ4v) is 0.736. The van der Waals surface area contributed by atoms with Crippen LogP contribution < -0.4 is 0 Å². The molecule has 0 fully saturated rings. The van der Waals surface area contributed by atoms with E-state index in [-0.39, 0.29) is 0 Å². The summed E-state index contributed by atoms with van der Waals surface area (Å²) < 4.78 is 10.1. The molecule has 0 atom stereocenters. The normalized spacial score (nSPS) is 10.3. The van der Waals surface area contributed by atoms with Gasteiger partial charge in [-0.25, -0.2) is 0 Å². The van der Waals surface area contributed by atoms with Crippen molar-refractivity contribution in [3.8, 4) is 0 Å². The topological polar surface area (TPSA) is 18.5 Å². The molecule has 0 rings (SSSR count). The van der Waals surface area contributed by atoms with Crippen molar-refractivity contribution in [1.29, 1.82) is 0 Å². The Morgan fingerprint density at radius 2 is 2.11 bits per heavy atom. The molecule has 0 aliphatic carbocycles. The van der Waals surface area contributed by atoms with Crippen LogP contribution in [0, 0.1) is 0 Å². The van der Waals surface area contributed by atoms with Crippen LogP contribution >= 0.6 is 0 Å². The highest BCUT2D eigenvalue weighted by Crippen LogP contribution is 1.86. The molecule has 0 bridgehead atoms. The molecule has 0 aromatic rings.